The van der Waals surface area contributed by atoms with Crippen LogP contribution in [0.4, 0.5) is 13.2 Å². The van der Waals surface area contributed by atoms with Crippen molar-refractivity contribution in [3.63, 3.8) is 0 Å². The minimum atomic E-state index is -3.42. The molecule has 0 spiro atoms. The molecule has 1 aromatic heterocycles. The number of alkyl halides is 2. The number of aromatic nitrogens is 1. The molecule has 9 heteroatoms. The molecule has 152 valence electrons. The van der Waals surface area contributed by atoms with Crippen LogP contribution in [0.2, 0.25) is 0 Å². The summed E-state index contributed by atoms with van der Waals surface area (Å²) in [5.74, 6) is -0.538. The van der Waals surface area contributed by atoms with Gasteiger partial charge < -0.3 is 4.74 Å². The molecule has 0 radical (unpaired) electrons. The Kier molecular flexibility index (Phi) is 5.70. The standard InChI is InChI=1S/C20H17F3NO3PS/c1-27-17-11-16(12-5-9-15(10-6-12)29(2,25)26)18(19(24-17)20(22,23)28)13-3-7-14(21)8-4-13/h3-11H,28H2,1-2H3. The third-order valence-electron chi connectivity index (χ3n) is 4.25. The zero-order valence-corrected chi connectivity index (χ0v) is 17.5. The van der Waals surface area contributed by atoms with Gasteiger partial charge in [0.05, 0.1) is 12.0 Å². The second-order valence-electron chi connectivity index (χ2n) is 6.36. The number of nitrogens with zero attached hydrogens (tertiary/aromatic N) is 1. The molecule has 3 rings (SSSR count). The van der Waals surface area contributed by atoms with Gasteiger partial charge in [-0.15, -0.1) is 0 Å². The maximum Gasteiger partial charge on any atom is 0.300 e. The first-order valence-electron chi connectivity index (χ1n) is 8.33. The minimum Gasteiger partial charge on any atom is -0.481 e. The average molecular weight is 439 g/mol. The number of rotatable bonds is 5. The maximum atomic E-state index is 14.4. The number of benzene rings is 2. The first kappa shape index (κ1) is 21.3. The van der Waals surface area contributed by atoms with Crippen LogP contribution in [0.1, 0.15) is 5.69 Å². The van der Waals surface area contributed by atoms with Gasteiger partial charge in [0.15, 0.2) is 9.84 Å². The number of sulfone groups is 1. The van der Waals surface area contributed by atoms with Gasteiger partial charge in [-0.1, -0.05) is 33.5 Å². The van der Waals surface area contributed by atoms with E-state index in [4.69, 9.17) is 4.74 Å². The van der Waals surface area contributed by atoms with E-state index >= 15 is 0 Å². The predicted molar refractivity (Wildman–Crippen MR) is 108 cm³/mol. The van der Waals surface area contributed by atoms with E-state index < -0.39 is 27.0 Å². The third-order valence-corrected chi connectivity index (χ3v) is 5.65. The van der Waals surface area contributed by atoms with Crippen molar-refractivity contribution >= 4 is 19.1 Å². The Bertz CT molecular complexity index is 1140. The van der Waals surface area contributed by atoms with Crippen LogP contribution in [0.3, 0.4) is 0 Å². The summed E-state index contributed by atoms with van der Waals surface area (Å²) in [5, 5.41) is 0. The average Bonchev–Trinajstić information content (AvgIpc) is 2.66. The smallest absolute Gasteiger partial charge is 0.300 e. The maximum absolute atomic E-state index is 14.4. The van der Waals surface area contributed by atoms with Crippen LogP contribution in [0.15, 0.2) is 59.5 Å². The molecule has 0 aliphatic carbocycles. The van der Waals surface area contributed by atoms with E-state index in [1.165, 1.54) is 70.9 Å². The second kappa shape index (κ2) is 7.76. The third kappa shape index (κ3) is 4.60. The summed E-state index contributed by atoms with van der Waals surface area (Å²) >= 11 is 0. The van der Waals surface area contributed by atoms with E-state index in [0.717, 1.165) is 6.26 Å². The van der Waals surface area contributed by atoms with Crippen molar-refractivity contribution < 1.29 is 26.3 Å². The normalized spacial score (nSPS) is 12.1. The van der Waals surface area contributed by atoms with Crippen LogP contribution in [0.25, 0.3) is 22.3 Å². The lowest BCUT2D eigenvalue weighted by atomic mass is 9.93. The molecule has 0 amide bonds. The van der Waals surface area contributed by atoms with Gasteiger partial charge in [-0.05, 0) is 41.0 Å². The monoisotopic (exact) mass is 439 g/mol. The van der Waals surface area contributed by atoms with Crippen molar-refractivity contribution in [1.82, 2.24) is 4.98 Å². The van der Waals surface area contributed by atoms with E-state index in [-0.39, 0.29) is 16.3 Å². The molecule has 1 atom stereocenters. The van der Waals surface area contributed by atoms with Crippen LogP contribution in [0, 0.1) is 5.82 Å². The first-order valence-corrected chi connectivity index (χ1v) is 10.8. The summed E-state index contributed by atoms with van der Waals surface area (Å²) in [6, 6.07) is 12.4. The van der Waals surface area contributed by atoms with Gasteiger partial charge in [0.1, 0.15) is 11.5 Å². The highest BCUT2D eigenvalue weighted by molar-refractivity contribution is 7.90. The Morgan fingerprint density at radius 2 is 1.55 bits per heavy atom. The van der Waals surface area contributed by atoms with Crippen molar-refractivity contribution in [2.45, 2.75) is 10.6 Å². The largest absolute Gasteiger partial charge is 0.481 e. The van der Waals surface area contributed by atoms with Gasteiger partial charge >= 0.3 is 5.66 Å². The Hall–Kier alpha value is -2.44. The fourth-order valence-corrected chi connectivity index (χ4v) is 3.72. The number of methoxy groups -OCH3 is 1. The topological polar surface area (TPSA) is 56.3 Å². The zero-order valence-electron chi connectivity index (χ0n) is 15.5. The van der Waals surface area contributed by atoms with Crippen LogP contribution < -0.4 is 4.74 Å². The van der Waals surface area contributed by atoms with Gasteiger partial charge in [0.2, 0.25) is 5.88 Å². The van der Waals surface area contributed by atoms with Gasteiger partial charge in [-0.25, -0.2) is 17.8 Å². The summed E-state index contributed by atoms with van der Waals surface area (Å²) < 4.78 is 70.7. The number of hydrogen-bond donors (Lipinski definition) is 0. The fourth-order valence-electron chi connectivity index (χ4n) is 2.89. The lowest BCUT2D eigenvalue weighted by Gasteiger charge is -2.20. The summed E-state index contributed by atoms with van der Waals surface area (Å²) in [5.41, 5.74) is -2.69. The molecule has 1 unspecified atom stereocenters. The van der Waals surface area contributed by atoms with Gasteiger partial charge in [-0.2, -0.15) is 8.78 Å². The molecule has 4 nitrogen and oxygen atoms in total. The summed E-state index contributed by atoms with van der Waals surface area (Å²) in [4.78, 5) is 4.02. The van der Waals surface area contributed by atoms with E-state index in [9.17, 15) is 21.6 Å². The molecule has 1 heterocycles. The summed E-state index contributed by atoms with van der Waals surface area (Å²) in [6.45, 7) is 0. The van der Waals surface area contributed by atoms with Crippen LogP contribution >= 0.6 is 9.24 Å². The molecule has 29 heavy (non-hydrogen) atoms. The quantitative estimate of drug-likeness (QED) is 0.531. The predicted octanol–water partition coefficient (Wildman–Crippen LogP) is 4.89. The Morgan fingerprint density at radius 1 is 1.00 bits per heavy atom. The van der Waals surface area contributed by atoms with E-state index in [1.807, 2.05) is 0 Å². The number of pyridine rings is 1. The second-order valence-corrected chi connectivity index (χ2v) is 9.10. The molecule has 0 saturated carbocycles. The highest BCUT2D eigenvalue weighted by Gasteiger charge is 2.33. The zero-order chi connectivity index (χ0) is 21.4. The summed E-state index contributed by atoms with van der Waals surface area (Å²) in [6.07, 6.45) is 1.08. The molecule has 0 aliphatic heterocycles. The Morgan fingerprint density at radius 3 is 2.03 bits per heavy atom. The Balaban J connectivity index is 2.33. The Labute approximate surface area is 168 Å². The summed E-state index contributed by atoms with van der Waals surface area (Å²) in [7, 11) is -0.663. The van der Waals surface area contributed by atoms with Crippen molar-refractivity contribution in [2.75, 3.05) is 13.4 Å². The van der Waals surface area contributed by atoms with Gasteiger partial charge in [-0.3, -0.25) is 0 Å². The highest BCUT2D eigenvalue weighted by Crippen LogP contribution is 2.45. The van der Waals surface area contributed by atoms with Gasteiger partial charge in [0, 0.05) is 17.9 Å². The molecule has 0 bridgehead atoms. The lowest BCUT2D eigenvalue weighted by molar-refractivity contribution is 0.0986. The fraction of sp³-hybridized carbons (Fsp3) is 0.150. The molecule has 0 aliphatic rings. The molecule has 0 saturated heterocycles. The first-order chi connectivity index (χ1) is 13.5. The molecule has 0 N–H and O–H groups in total. The van der Waals surface area contributed by atoms with Crippen molar-refractivity contribution in [2.24, 2.45) is 0 Å². The molecule has 0 fully saturated rings. The lowest BCUT2D eigenvalue weighted by Crippen LogP contribution is -2.10. The highest BCUT2D eigenvalue weighted by atomic mass is 32.2. The van der Waals surface area contributed by atoms with E-state index in [2.05, 4.69) is 4.98 Å². The van der Waals surface area contributed by atoms with Crippen LogP contribution in [0.5, 0.6) is 5.88 Å². The van der Waals surface area contributed by atoms with Crippen molar-refractivity contribution in [1.29, 1.82) is 0 Å². The molecular formula is C20H17F3NO3PS. The van der Waals surface area contributed by atoms with Gasteiger partial charge in [0.25, 0.3) is 0 Å². The SMILES string of the molecule is COc1cc(-c2ccc(S(C)(=O)=O)cc2)c(-c2ccc(F)cc2)c(C(F)(F)P)n1. The van der Waals surface area contributed by atoms with Crippen LogP contribution in [-0.2, 0) is 15.5 Å². The van der Waals surface area contributed by atoms with Crippen molar-refractivity contribution in [3.8, 4) is 28.1 Å². The van der Waals surface area contributed by atoms with E-state index in [1.54, 1.807) is 0 Å². The molecule has 2 aromatic carbocycles. The van der Waals surface area contributed by atoms with E-state index in [0.29, 0.717) is 16.7 Å². The number of ether oxygens (including phenoxy) is 1. The van der Waals surface area contributed by atoms with Crippen LogP contribution in [-0.4, -0.2) is 26.8 Å². The molecule has 3 aromatic rings. The molecular weight excluding hydrogens is 422 g/mol. The number of halogens is 3. The van der Waals surface area contributed by atoms with Crippen molar-refractivity contribution in [3.05, 3.63) is 66.1 Å². The minimum absolute atomic E-state index is 0.0322. The number of hydrogen-bond acceptors (Lipinski definition) is 4.